The summed E-state index contributed by atoms with van der Waals surface area (Å²) >= 11 is 6.29. The average molecular weight is 430 g/mol. The molecular weight excluding hydrogens is 410 g/mol. The molecule has 0 bridgehead atoms. The van der Waals surface area contributed by atoms with Crippen molar-refractivity contribution >= 4 is 29.1 Å². The van der Waals surface area contributed by atoms with Crippen LogP contribution >= 0.6 is 11.6 Å². The molecule has 0 saturated carbocycles. The molecule has 1 amide bonds. The van der Waals surface area contributed by atoms with Crippen molar-refractivity contribution in [3.05, 3.63) is 118 Å². The van der Waals surface area contributed by atoms with E-state index >= 15 is 0 Å². The number of ketones is 1. The molecule has 0 fully saturated rings. The fourth-order valence-corrected chi connectivity index (χ4v) is 3.45. The first-order valence-corrected chi connectivity index (χ1v) is 10.2. The number of rotatable bonds is 6. The van der Waals surface area contributed by atoms with Crippen LogP contribution in [0.3, 0.4) is 0 Å². The Morgan fingerprint density at radius 3 is 2.26 bits per heavy atom. The zero-order valence-electron chi connectivity index (χ0n) is 16.9. The molecular formula is C25H20ClN3O2. The van der Waals surface area contributed by atoms with E-state index in [1.54, 1.807) is 47.3 Å². The van der Waals surface area contributed by atoms with Crippen molar-refractivity contribution in [1.82, 2.24) is 9.78 Å². The molecule has 0 spiro atoms. The van der Waals surface area contributed by atoms with Gasteiger partial charge in [0, 0.05) is 17.3 Å². The molecule has 1 heterocycles. The van der Waals surface area contributed by atoms with E-state index < -0.39 is 5.91 Å². The molecule has 3 aromatic carbocycles. The van der Waals surface area contributed by atoms with Crippen LogP contribution in [-0.2, 0) is 6.54 Å². The van der Waals surface area contributed by atoms with E-state index in [0.29, 0.717) is 22.7 Å². The maximum absolute atomic E-state index is 13.0. The SMILES string of the molecule is Cc1ccc(C(=O)c2ccccc2C(=O)Nc2nn(Cc3ccccc3)cc2Cl)cc1. The predicted octanol–water partition coefficient (Wildman–Crippen LogP) is 5.38. The summed E-state index contributed by atoms with van der Waals surface area (Å²) in [7, 11) is 0. The number of carbonyl (C=O) groups excluding carboxylic acids is 2. The molecule has 31 heavy (non-hydrogen) atoms. The van der Waals surface area contributed by atoms with Gasteiger partial charge in [-0.15, -0.1) is 0 Å². The molecule has 4 rings (SSSR count). The molecule has 0 unspecified atom stereocenters. The number of hydrogen-bond donors (Lipinski definition) is 1. The van der Waals surface area contributed by atoms with Crippen molar-refractivity contribution in [2.24, 2.45) is 0 Å². The maximum atomic E-state index is 13.0. The summed E-state index contributed by atoms with van der Waals surface area (Å²) in [5.74, 6) is -0.408. The topological polar surface area (TPSA) is 64.0 Å². The van der Waals surface area contributed by atoms with Gasteiger partial charge in [-0.1, -0.05) is 90.0 Å². The Morgan fingerprint density at radius 2 is 1.55 bits per heavy atom. The number of nitrogens with zero attached hydrogens (tertiary/aromatic N) is 2. The van der Waals surface area contributed by atoms with Crippen molar-refractivity contribution in [2.75, 3.05) is 5.32 Å². The standard InChI is InChI=1S/C25H20ClN3O2/c1-17-11-13-19(14-12-17)23(30)20-9-5-6-10-21(20)25(31)27-24-22(26)16-29(28-24)15-18-7-3-2-4-8-18/h2-14,16H,15H2,1H3,(H,27,28,31). The van der Waals surface area contributed by atoms with Crippen LogP contribution in [0.15, 0.2) is 85.1 Å². The number of anilines is 1. The van der Waals surface area contributed by atoms with Crippen LogP contribution in [0, 0.1) is 6.92 Å². The second-order valence-corrected chi connectivity index (χ2v) is 7.61. The van der Waals surface area contributed by atoms with Crippen LogP contribution in [0.1, 0.15) is 37.4 Å². The second-order valence-electron chi connectivity index (χ2n) is 7.20. The number of amides is 1. The fourth-order valence-electron chi connectivity index (χ4n) is 3.25. The first kappa shape index (κ1) is 20.6. The summed E-state index contributed by atoms with van der Waals surface area (Å²) in [5.41, 5.74) is 3.23. The van der Waals surface area contributed by atoms with E-state index in [1.807, 2.05) is 49.4 Å². The van der Waals surface area contributed by atoms with Gasteiger partial charge in [0.25, 0.3) is 5.91 Å². The number of benzene rings is 3. The number of carbonyl (C=O) groups is 2. The summed E-state index contributed by atoms with van der Waals surface area (Å²) in [5, 5.41) is 7.44. The zero-order valence-corrected chi connectivity index (χ0v) is 17.6. The Bertz CT molecular complexity index is 1230. The van der Waals surface area contributed by atoms with E-state index in [4.69, 9.17) is 11.6 Å². The molecule has 1 aromatic heterocycles. The Balaban J connectivity index is 1.56. The Kier molecular flexibility index (Phi) is 5.96. The van der Waals surface area contributed by atoms with E-state index in [-0.39, 0.29) is 17.2 Å². The third kappa shape index (κ3) is 4.73. The molecule has 154 valence electrons. The van der Waals surface area contributed by atoms with Crippen molar-refractivity contribution in [3.63, 3.8) is 0 Å². The minimum Gasteiger partial charge on any atom is -0.304 e. The minimum atomic E-state index is -0.442. The van der Waals surface area contributed by atoms with Crippen LogP contribution in [-0.4, -0.2) is 21.5 Å². The van der Waals surface area contributed by atoms with Crippen LogP contribution in [0.25, 0.3) is 0 Å². The molecule has 6 heteroatoms. The second kappa shape index (κ2) is 8.98. The summed E-state index contributed by atoms with van der Waals surface area (Å²) in [6.07, 6.45) is 1.66. The lowest BCUT2D eigenvalue weighted by atomic mass is 9.97. The molecule has 0 radical (unpaired) electrons. The van der Waals surface area contributed by atoms with Gasteiger partial charge in [-0.05, 0) is 18.6 Å². The summed E-state index contributed by atoms with van der Waals surface area (Å²) in [6.45, 7) is 2.48. The molecule has 0 saturated heterocycles. The molecule has 4 aromatic rings. The highest BCUT2D eigenvalue weighted by molar-refractivity contribution is 6.33. The average Bonchev–Trinajstić information content (AvgIpc) is 3.12. The predicted molar refractivity (Wildman–Crippen MR) is 122 cm³/mol. The smallest absolute Gasteiger partial charge is 0.257 e. The van der Waals surface area contributed by atoms with E-state index in [1.165, 1.54) is 0 Å². The third-order valence-electron chi connectivity index (χ3n) is 4.87. The molecule has 5 nitrogen and oxygen atoms in total. The van der Waals surface area contributed by atoms with Crippen molar-refractivity contribution in [3.8, 4) is 0 Å². The number of aryl methyl sites for hydroxylation is 1. The van der Waals surface area contributed by atoms with Gasteiger partial charge in [-0.3, -0.25) is 14.3 Å². The molecule has 1 N–H and O–H groups in total. The van der Waals surface area contributed by atoms with Crippen molar-refractivity contribution in [2.45, 2.75) is 13.5 Å². The lowest BCUT2D eigenvalue weighted by molar-refractivity contribution is 0.0996. The van der Waals surface area contributed by atoms with Crippen molar-refractivity contribution in [1.29, 1.82) is 0 Å². The van der Waals surface area contributed by atoms with Crippen LogP contribution in [0.5, 0.6) is 0 Å². The van der Waals surface area contributed by atoms with E-state index in [2.05, 4.69) is 10.4 Å². The number of nitrogens with one attached hydrogen (secondary N) is 1. The van der Waals surface area contributed by atoms with Crippen molar-refractivity contribution < 1.29 is 9.59 Å². The first-order valence-electron chi connectivity index (χ1n) is 9.80. The molecule has 0 aliphatic heterocycles. The van der Waals surface area contributed by atoms with Crippen LogP contribution in [0.4, 0.5) is 5.82 Å². The monoisotopic (exact) mass is 429 g/mol. The fraction of sp³-hybridized carbons (Fsp3) is 0.0800. The Labute approximate surface area is 185 Å². The van der Waals surface area contributed by atoms with Crippen LogP contribution in [0.2, 0.25) is 5.02 Å². The van der Waals surface area contributed by atoms with Gasteiger partial charge in [-0.25, -0.2) is 0 Å². The number of hydrogen-bond acceptors (Lipinski definition) is 3. The molecule has 0 aliphatic rings. The zero-order chi connectivity index (χ0) is 21.8. The molecule has 0 aliphatic carbocycles. The van der Waals surface area contributed by atoms with E-state index in [9.17, 15) is 9.59 Å². The lowest BCUT2D eigenvalue weighted by Crippen LogP contribution is -2.17. The highest BCUT2D eigenvalue weighted by Gasteiger charge is 2.20. The Hall–Kier alpha value is -3.70. The van der Waals surface area contributed by atoms with E-state index in [0.717, 1.165) is 11.1 Å². The Morgan fingerprint density at radius 1 is 0.903 bits per heavy atom. The van der Waals surface area contributed by atoms with Crippen LogP contribution < -0.4 is 5.32 Å². The summed E-state index contributed by atoms with van der Waals surface area (Å²) < 4.78 is 1.66. The molecule has 0 atom stereocenters. The van der Waals surface area contributed by atoms with Gasteiger partial charge >= 0.3 is 0 Å². The highest BCUT2D eigenvalue weighted by atomic mass is 35.5. The van der Waals surface area contributed by atoms with Gasteiger partial charge in [0.1, 0.15) is 5.02 Å². The minimum absolute atomic E-state index is 0.216. The van der Waals surface area contributed by atoms with Gasteiger partial charge in [-0.2, -0.15) is 5.10 Å². The largest absolute Gasteiger partial charge is 0.304 e. The van der Waals surface area contributed by atoms with Gasteiger partial charge in [0.15, 0.2) is 11.6 Å². The third-order valence-corrected chi connectivity index (χ3v) is 5.14. The summed E-state index contributed by atoms with van der Waals surface area (Å²) in [4.78, 5) is 26.0. The number of halogens is 1. The first-order chi connectivity index (χ1) is 15.0. The highest BCUT2D eigenvalue weighted by Crippen LogP contribution is 2.22. The maximum Gasteiger partial charge on any atom is 0.257 e. The number of aromatic nitrogens is 2. The normalized spacial score (nSPS) is 10.6. The van der Waals surface area contributed by atoms with Gasteiger partial charge in [0.2, 0.25) is 0 Å². The lowest BCUT2D eigenvalue weighted by Gasteiger charge is -2.09. The van der Waals surface area contributed by atoms with Gasteiger partial charge in [0.05, 0.1) is 12.1 Å². The summed E-state index contributed by atoms with van der Waals surface area (Å²) in [6, 6.07) is 23.8. The quantitative estimate of drug-likeness (QED) is 0.419. The van der Waals surface area contributed by atoms with Gasteiger partial charge < -0.3 is 5.32 Å².